The van der Waals surface area contributed by atoms with E-state index in [2.05, 4.69) is 39.8 Å². The first-order valence-corrected chi connectivity index (χ1v) is 6.92. The van der Waals surface area contributed by atoms with E-state index in [9.17, 15) is 0 Å². The first-order valence-electron chi connectivity index (χ1n) is 6.92. The van der Waals surface area contributed by atoms with Gasteiger partial charge in [-0.3, -0.25) is 0 Å². The van der Waals surface area contributed by atoms with Gasteiger partial charge in [-0.05, 0) is 49.7 Å². The van der Waals surface area contributed by atoms with Crippen molar-refractivity contribution in [3.63, 3.8) is 0 Å². The normalized spacial score (nSPS) is 14.8. The zero-order valence-electron chi connectivity index (χ0n) is 12.1. The number of hydrogen-bond acceptors (Lipinski definition) is 4. The number of benzene rings is 1. The Morgan fingerprint density at radius 3 is 2.85 bits per heavy atom. The van der Waals surface area contributed by atoms with Gasteiger partial charge in [0, 0.05) is 6.42 Å². The van der Waals surface area contributed by atoms with Crippen LogP contribution in [0, 0.1) is 13.8 Å². The summed E-state index contributed by atoms with van der Waals surface area (Å²) < 4.78 is 5.57. The number of ether oxygens (including phenoxy) is 1. The lowest BCUT2D eigenvalue weighted by molar-refractivity contribution is 0.357. The third-order valence-electron chi connectivity index (χ3n) is 3.79. The molecule has 0 bridgehead atoms. The number of rotatable bonds is 3. The summed E-state index contributed by atoms with van der Waals surface area (Å²) in [6.45, 7) is 4.76. The molecule has 4 heteroatoms. The van der Waals surface area contributed by atoms with Crippen molar-refractivity contribution in [2.24, 2.45) is 0 Å². The Morgan fingerprint density at radius 2 is 2.05 bits per heavy atom. The SMILES string of the molecule is CNC(c1ccc2c(c1)CCO2)c1cc(C)nnc1C. The Balaban J connectivity index is 2.03. The van der Waals surface area contributed by atoms with Gasteiger partial charge < -0.3 is 10.1 Å². The molecule has 0 amide bonds. The number of fused-ring (bicyclic) bond motifs is 1. The van der Waals surface area contributed by atoms with E-state index in [0.717, 1.165) is 30.2 Å². The maximum absolute atomic E-state index is 5.57. The van der Waals surface area contributed by atoms with Crippen LogP contribution in [0.1, 0.15) is 34.1 Å². The Kier molecular flexibility index (Phi) is 3.40. The van der Waals surface area contributed by atoms with E-state index in [1.54, 1.807) is 0 Å². The minimum absolute atomic E-state index is 0.134. The number of aryl methyl sites for hydroxylation is 2. The second-order valence-electron chi connectivity index (χ2n) is 5.21. The molecule has 2 heterocycles. The fraction of sp³-hybridized carbons (Fsp3) is 0.375. The van der Waals surface area contributed by atoms with Gasteiger partial charge in [-0.15, -0.1) is 0 Å². The molecule has 1 aromatic heterocycles. The van der Waals surface area contributed by atoms with Gasteiger partial charge in [0.15, 0.2) is 0 Å². The third-order valence-corrected chi connectivity index (χ3v) is 3.79. The fourth-order valence-corrected chi connectivity index (χ4v) is 2.75. The second kappa shape index (κ2) is 5.21. The molecule has 0 saturated heterocycles. The lowest BCUT2D eigenvalue weighted by atomic mass is 9.95. The van der Waals surface area contributed by atoms with E-state index in [-0.39, 0.29) is 6.04 Å². The van der Waals surface area contributed by atoms with Gasteiger partial charge >= 0.3 is 0 Å². The van der Waals surface area contributed by atoms with Crippen molar-refractivity contribution in [1.29, 1.82) is 0 Å². The topological polar surface area (TPSA) is 47.0 Å². The molecular weight excluding hydrogens is 250 g/mol. The van der Waals surface area contributed by atoms with Crippen LogP contribution in [0.15, 0.2) is 24.3 Å². The number of aromatic nitrogens is 2. The molecule has 0 spiro atoms. The highest BCUT2D eigenvalue weighted by Gasteiger charge is 2.19. The van der Waals surface area contributed by atoms with E-state index in [4.69, 9.17) is 4.74 Å². The van der Waals surface area contributed by atoms with Crippen molar-refractivity contribution >= 4 is 0 Å². The van der Waals surface area contributed by atoms with Crippen LogP contribution in [0.5, 0.6) is 5.75 Å². The maximum Gasteiger partial charge on any atom is 0.122 e. The highest BCUT2D eigenvalue weighted by molar-refractivity contribution is 5.43. The molecule has 1 aliphatic rings. The van der Waals surface area contributed by atoms with E-state index >= 15 is 0 Å². The minimum Gasteiger partial charge on any atom is -0.493 e. The van der Waals surface area contributed by atoms with Gasteiger partial charge in [-0.2, -0.15) is 10.2 Å². The molecule has 1 unspecified atom stereocenters. The predicted molar refractivity (Wildman–Crippen MR) is 78.0 cm³/mol. The highest BCUT2D eigenvalue weighted by Crippen LogP contribution is 2.31. The Labute approximate surface area is 119 Å². The molecule has 20 heavy (non-hydrogen) atoms. The Bertz CT molecular complexity index is 640. The van der Waals surface area contributed by atoms with Gasteiger partial charge in [-0.1, -0.05) is 12.1 Å². The number of hydrogen-bond donors (Lipinski definition) is 1. The summed E-state index contributed by atoms with van der Waals surface area (Å²) in [5.41, 5.74) is 5.62. The van der Waals surface area contributed by atoms with Crippen molar-refractivity contribution < 1.29 is 4.74 Å². The summed E-state index contributed by atoms with van der Waals surface area (Å²) in [5.74, 6) is 1.02. The third kappa shape index (κ3) is 2.27. The zero-order valence-corrected chi connectivity index (χ0v) is 12.1. The molecule has 1 aromatic carbocycles. The second-order valence-corrected chi connectivity index (χ2v) is 5.21. The maximum atomic E-state index is 5.57. The smallest absolute Gasteiger partial charge is 0.122 e. The molecule has 1 atom stereocenters. The molecule has 0 radical (unpaired) electrons. The molecule has 2 aromatic rings. The molecular formula is C16H19N3O. The Morgan fingerprint density at radius 1 is 1.20 bits per heavy atom. The van der Waals surface area contributed by atoms with Crippen LogP contribution in [0.3, 0.4) is 0 Å². The van der Waals surface area contributed by atoms with Crippen LogP contribution in [0.25, 0.3) is 0 Å². The zero-order chi connectivity index (χ0) is 14.1. The van der Waals surface area contributed by atoms with Crippen molar-refractivity contribution in [1.82, 2.24) is 15.5 Å². The summed E-state index contributed by atoms with van der Waals surface area (Å²) >= 11 is 0. The van der Waals surface area contributed by atoms with Crippen LogP contribution in [0.4, 0.5) is 0 Å². The fourth-order valence-electron chi connectivity index (χ4n) is 2.75. The lowest BCUT2D eigenvalue weighted by Gasteiger charge is -2.19. The van der Waals surface area contributed by atoms with Gasteiger partial charge in [0.1, 0.15) is 5.75 Å². The summed E-state index contributed by atoms with van der Waals surface area (Å²) in [5, 5.41) is 11.7. The summed E-state index contributed by atoms with van der Waals surface area (Å²) in [7, 11) is 1.98. The summed E-state index contributed by atoms with van der Waals surface area (Å²) in [6.07, 6.45) is 0.992. The van der Waals surface area contributed by atoms with Crippen molar-refractivity contribution in [2.75, 3.05) is 13.7 Å². The minimum atomic E-state index is 0.134. The summed E-state index contributed by atoms with van der Waals surface area (Å²) in [4.78, 5) is 0. The van der Waals surface area contributed by atoms with Gasteiger partial charge in [-0.25, -0.2) is 0 Å². The van der Waals surface area contributed by atoms with Crippen LogP contribution < -0.4 is 10.1 Å². The molecule has 1 N–H and O–H groups in total. The molecule has 4 nitrogen and oxygen atoms in total. The molecule has 3 rings (SSSR count). The molecule has 104 valence electrons. The average Bonchev–Trinajstić information content (AvgIpc) is 2.91. The van der Waals surface area contributed by atoms with Crippen molar-refractivity contribution in [3.05, 3.63) is 52.3 Å². The van der Waals surface area contributed by atoms with Gasteiger partial charge in [0.05, 0.1) is 24.0 Å². The summed E-state index contributed by atoms with van der Waals surface area (Å²) in [6, 6.07) is 8.67. The number of nitrogens with zero attached hydrogens (tertiary/aromatic N) is 2. The van der Waals surface area contributed by atoms with E-state index < -0.39 is 0 Å². The van der Waals surface area contributed by atoms with Crippen molar-refractivity contribution in [3.8, 4) is 5.75 Å². The molecule has 0 aliphatic carbocycles. The Hall–Kier alpha value is -1.94. The van der Waals surface area contributed by atoms with E-state index in [0.29, 0.717) is 0 Å². The highest BCUT2D eigenvalue weighted by atomic mass is 16.5. The van der Waals surface area contributed by atoms with Gasteiger partial charge in [0.2, 0.25) is 0 Å². The van der Waals surface area contributed by atoms with Crippen molar-refractivity contribution in [2.45, 2.75) is 26.3 Å². The van der Waals surface area contributed by atoms with Crippen LogP contribution in [-0.4, -0.2) is 23.9 Å². The van der Waals surface area contributed by atoms with Crippen LogP contribution in [-0.2, 0) is 6.42 Å². The van der Waals surface area contributed by atoms with E-state index in [1.807, 2.05) is 20.9 Å². The quantitative estimate of drug-likeness (QED) is 0.929. The van der Waals surface area contributed by atoms with E-state index in [1.165, 1.54) is 16.7 Å². The van der Waals surface area contributed by atoms with Crippen LogP contribution in [0.2, 0.25) is 0 Å². The predicted octanol–water partition coefficient (Wildman–Crippen LogP) is 2.34. The molecule has 0 fully saturated rings. The van der Waals surface area contributed by atoms with Crippen LogP contribution >= 0.6 is 0 Å². The average molecular weight is 269 g/mol. The molecule has 0 saturated carbocycles. The molecule has 1 aliphatic heterocycles. The lowest BCUT2D eigenvalue weighted by Crippen LogP contribution is -2.20. The number of nitrogens with one attached hydrogen (secondary N) is 1. The first-order chi connectivity index (χ1) is 9.69. The standard InChI is InChI=1S/C16H19N3O/c1-10-8-14(11(2)19-18-10)16(17-3)13-4-5-15-12(9-13)6-7-20-15/h4-5,8-9,16-17H,6-7H2,1-3H3. The van der Waals surface area contributed by atoms with Gasteiger partial charge in [0.25, 0.3) is 0 Å². The monoisotopic (exact) mass is 269 g/mol. The first kappa shape index (κ1) is 13.1. The largest absolute Gasteiger partial charge is 0.493 e.